The van der Waals surface area contributed by atoms with Crippen molar-refractivity contribution in [1.82, 2.24) is 15.2 Å². The first-order valence-corrected chi connectivity index (χ1v) is 8.89. The maximum absolute atomic E-state index is 13.1. The van der Waals surface area contributed by atoms with Crippen LogP contribution in [0.2, 0.25) is 10.0 Å². The maximum Gasteiger partial charge on any atom is 0.257 e. The van der Waals surface area contributed by atoms with Gasteiger partial charge < -0.3 is 10.6 Å². The number of hydrogen-bond donors (Lipinski definition) is 3. The third-order valence-electron chi connectivity index (χ3n) is 3.98. The second-order valence-electron chi connectivity index (χ2n) is 5.87. The summed E-state index contributed by atoms with van der Waals surface area (Å²) in [5.41, 5.74) is 2.71. The number of rotatable bonds is 4. The van der Waals surface area contributed by atoms with Crippen molar-refractivity contribution in [2.45, 2.75) is 0 Å². The van der Waals surface area contributed by atoms with Gasteiger partial charge in [0.25, 0.3) is 5.91 Å². The lowest BCUT2D eigenvalue weighted by atomic mass is 10.2. The van der Waals surface area contributed by atoms with E-state index in [9.17, 15) is 9.18 Å². The van der Waals surface area contributed by atoms with Gasteiger partial charge in [0.1, 0.15) is 11.3 Å². The Hall–Kier alpha value is -3.16. The van der Waals surface area contributed by atoms with Gasteiger partial charge in [0.2, 0.25) is 0 Å². The summed E-state index contributed by atoms with van der Waals surface area (Å²) in [6.45, 7) is 0. The average molecular weight is 416 g/mol. The molecular weight excluding hydrogens is 404 g/mol. The summed E-state index contributed by atoms with van der Waals surface area (Å²) in [6.07, 6.45) is 1.68. The van der Waals surface area contributed by atoms with Crippen molar-refractivity contribution in [3.8, 4) is 0 Å². The number of carbonyl (C=O) groups is 1. The van der Waals surface area contributed by atoms with Gasteiger partial charge in [0.05, 0.1) is 26.8 Å². The van der Waals surface area contributed by atoms with Crippen molar-refractivity contribution in [3.63, 3.8) is 0 Å². The third kappa shape index (κ3) is 3.62. The van der Waals surface area contributed by atoms with E-state index in [2.05, 4.69) is 25.8 Å². The second kappa shape index (κ2) is 7.46. The number of pyridine rings is 1. The van der Waals surface area contributed by atoms with Crippen molar-refractivity contribution in [2.24, 2.45) is 0 Å². The number of H-pyrrole nitrogens is 1. The Labute approximate surface area is 168 Å². The summed E-state index contributed by atoms with van der Waals surface area (Å²) >= 11 is 12.2. The van der Waals surface area contributed by atoms with Crippen LogP contribution >= 0.6 is 23.2 Å². The molecule has 0 atom stereocenters. The number of carbonyl (C=O) groups excluding carboxylic acids is 1. The van der Waals surface area contributed by atoms with Gasteiger partial charge in [-0.05, 0) is 48.5 Å². The standard InChI is InChI=1S/C19H12Cl2FN5O/c20-13-8-10(22)3-5-12(13)19(28)25-15-6-4-11(9-14(15)21)24-18-17-16(26-27-18)2-1-7-23-17/h1-9H,(H,25,28)(H2,24,26,27). The van der Waals surface area contributed by atoms with Gasteiger partial charge in [0.15, 0.2) is 5.82 Å². The number of amides is 1. The van der Waals surface area contributed by atoms with Crippen LogP contribution in [0.4, 0.5) is 21.6 Å². The molecule has 2 aromatic heterocycles. The van der Waals surface area contributed by atoms with Crippen LogP contribution in [-0.4, -0.2) is 21.1 Å². The number of halogens is 3. The van der Waals surface area contributed by atoms with E-state index in [1.165, 1.54) is 6.07 Å². The van der Waals surface area contributed by atoms with Crippen LogP contribution < -0.4 is 10.6 Å². The summed E-state index contributed by atoms with van der Waals surface area (Å²) in [4.78, 5) is 16.7. The topological polar surface area (TPSA) is 82.7 Å². The van der Waals surface area contributed by atoms with Crippen LogP contribution in [0.1, 0.15) is 10.4 Å². The Kier molecular flexibility index (Phi) is 4.85. The van der Waals surface area contributed by atoms with Gasteiger partial charge in [-0.25, -0.2) is 4.39 Å². The molecule has 0 radical (unpaired) electrons. The average Bonchev–Trinajstić information content (AvgIpc) is 3.07. The molecule has 28 heavy (non-hydrogen) atoms. The molecule has 0 spiro atoms. The Morgan fingerprint density at radius 3 is 2.71 bits per heavy atom. The lowest BCUT2D eigenvalue weighted by Gasteiger charge is -2.10. The molecule has 4 rings (SSSR count). The minimum Gasteiger partial charge on any atom is -0.337 e. The minimum atomic E-state index is -0.518. The highest BCUT2D eigenvalue weighted by atomic mass is 35.5. The van der Waals surface area contributed by atoms with E-state index >= 15 is 0 Å². The van der Waals surface area contributed by atoms with Crippen LogP contribution in [0.3, 0.4) is 0 Å². The highest BCUT2D eigenvalue weighted by Crippen LogP contribution is 2.29. The quantitative estimate of drug-likeness (QED) is 0.416. The molecule has 0 saturated carbocycles. The monoisotopic (exact) mass is 415 g/mol. The number of aromatic nitrogens is 3. The van der Waals surface area contributed by atoms with Gasteiger partial charge in [-0.1, -0.05) is 23.2 Å². The van der Waals surface area contributed by atoms with E-state index in [1.807, 2.05) is 12.1 Å². The van der Waals surface area contributed by atoms with Crippen molar-refractivity contribution >= 4 is 57.3 Å². The predicted octanol–water partition coefficient (Wildman–Crippen LogP) is 5.40. The summed E-state index contributed by atoms with van der Waals surface area (Å²) in [6, 6.07) is 12.3. The zero-order chi connectivity index (χ0) is 19.7. The van der Waals surface area contributed by atoms with Crippen molar-refractivity contribution in [2.75, 3.05) is 10.6 Å². The summed E-state index contributed by atoms with van der Waals surface area (Å²) in [7, 11) is 0. The molecule has 0 aliphatic carbocycles. The summed E-state index contributed by atoms with van der Waals surface area (Å²) < 4.78 is 13.1. The summed E-state index contributed by atoms with van der Waals surface area (Å²) in [5, 5.41) is 13.2. The van der Waals surface area contributed by atoms with E-state index in [0.29, 0.717) is 27.7 Å². The number of anilines is 3. The largest absolute Gasteiger partial charge is 0.337 e. The van der Waals surface area contributed by atoms with E-state index in [-0.39, 0.29) is 10.6 Å². The molecule has 6 nitrogen and oxygen atoms in total. The highest BCUT2D eigenvalue weighted by Gasteiger charge is 2.14. The molecule has 0 unspecified atom stereocenters. The highest BCUT2D eigenvalue weighted by molar-refractivity contribution is 6.36. The number of hydrogen-bond acceptors (Lipinski definition) is 4. The number of nitrogens with zero attached hydrogens (tertiary/aromatic N) is 2. The Morgan fingerprint density at radius 2 is 1.93 bits per heavy atom. The van der Waals surface area contributed by atoms with Crippen LogP contribution in [0.25, 0.3) is 11.0 Å². The first-order valence-electron chi connectivity index (χ1n) is 8.13. The molecule has 140 valence electrons. The molecule has 0 fully saturated rings. The molecule has 4 aromatic rings. The predicted molar refractivity (Wildman–Crippen MR) is 108 cm³/mol. The van der Waals surface area contributed by atoms with Crippen LogP contribution in [0.15, 0.2) is 54.7 Å². The molecule has 2 heterocycles. The van der Waals surface area contributed by atoms with E-state index < -0.39 is 11.7 Å². The molecule has 9 heteroatoms. The molecule has 0 saturated heterocycles. The van der Waals surface area contributed by atoms with Crippen LogP contribution in [0.5, 0.6) is 0 Å². The van der Waals surface area contributed by atoms with Gasteiger partial charge in [-0.2, -0.15) is 5.10 Å². The van der Waals surface area contributed by atoms with Crippen molar-refractivity contribution in [3.05, 3.63) is 76.2 Å². The van der Waals surface area contributed by atoms with E-state index in [1.54, 1.807) is 24.4 Å². The van der Waals surface area contributed by atoms with Gasteiger partial charge in [0, 0.05) is 11.9 Å². The lowest BCUT2D eigenvalue weighted by Crippen LogP contribution is -2.13. The Bertz CT molecular complexity index is 1190. The van der Waals surface area contributed by atoms with E-state index in [0.717, 1.165) is 17.6 Å². The Morgan fingerprint density at radius 1 is 1.07 bits per heavy atom. The molecule has 0 bridgehead atoms. The molecule has 2 aromatic carbocycles. The van der Waals surface area contributed by atoms with Gasteiger partial charge in [-0.15, -0.1) is 0 Å². The molecule has 0 aliphatic heterocycles. The number of fused-ring (bicyclic) bond motifs is 1. The smallest absolute Gasteiger partial charge is 0.257 e. The molecule has 3 N–H and O–H groups in total. The number of nitrogens with one attached hydrogen (secondary N) is 3. The minimum absolute atomic E-state index is 0.0184. The number of benzene rings is 2. The first-order chi connectivity index (χ1) is 13.5. The fourth-order valence-corrected chi connectivity index (χ4v) is 3.12. The maximum atomic E-state index is 13.1. The van der Waals surface area contributed by atoms with Gasteiger partial charge in [-0.3, -0.25) is 14.9 Å². The SMILES string of the molecule is O=C(Nc1ccc(Nc2n[nH]c3cccnc23)cc1Cl)c1ccc(F)cc1Cl. The molecular formula is C19H12Cl2FN5O. The lowest BCUT2D eigenvalue weighted by molar-refractivity contribution is 0.102. The number of aromatic amines is 1. The second-order valence-corrected chi connectivity index (χ2v) is 6.68. The normalized spacial score (nSPS) is 10.8. The van der Waals surface area contributed by atoms with Crippen molar-refractivity contribution in [1.29, 1.82) is 0 Å². The van der Waals surface area contributed by atoms with Crippen molar-refractivity contribution < 1.29 is 9.18 Å². The fourth-order valence-electron chi connectivity index (χ4n) is 2.63. The molecule has 1 amide bonds. The Balaban J connectivity index is 1.53. The first kappa shape index (κ1) is 18.2. The fraction of sp³-hybridized carbons (Fsp3) is 0. The van der Waals surface area contributed by atoms with E-state index in [4.69, 9.17) is 23.2 Å². The molecule has 0 aliphatic rings. The van der Waals surface area contributed by atoms with Crippen LogP contribution in [-0.2, 0) is 0 Å². The zero-order valence-corrected chi connectivity index (χ0v) is 15.6. The third-order valence-corrected chi connectivity index (χ3v) is 4.60. The summed E-state index contributed by atoms with van der Waals surface area (Å²) in [5.74, 6) is -0.452. The van der Waals surface area contributed by atoms with Gasteiger partial charge >= 0.3 is 0 Å². The zero-order valence-electron chi connectivity index (χ0n) is 14.1. The van der Waals surface area contributed by atoms with Crippen LogP contribution in [0, 0.1) is 5.82 Å².